The topological polar surface area (TPSA) is 12.0 Å². The molecular formula is C17H20FN. The summed E-state index contributed by atoms with van der Waals surface area (Å²) in [6, 6.07) is 5.81. The predicted molar refractivity (Wildman–Crippen MR) is 77.6 cm³/mol. The van der Waals surface area contributed by atoms with Crippen LogP contribution in [-0.2, 0) is 0 Å². The van der Waals surface area contributed by atoms with E-state index >= 15 is 0 Å². The molecule has 1 N–H and O–H groups in total. The van der Waals surface area contributed by atoms with Crippen LogP contribution in [0, 0.1) is 5.82 Å². The Kier molecular flexibility index (Phi) is 3.79. The first-order valence-electron chi connectivity index (χ1n) is 7.21. The lowest BCUT2D eigenvalue weighted by atomic mass is 9.88. The Hall–Kier alpha value is -1.41. The van der Waals surface area contributed by atoms with Gasteiger partial charge in [0.05, 0.1) is 0 Å². The quantitative estimate of drug-likeness (QED) is 0.843. The Morgan fingerprint density at radius 1 is 1.16 bits per heavy atom. The molecular weight excluding hydrogens is 237 g/mol. The maximum atomic E-state index is 14.3. The molecule has 0 saturated carbocycles. The van der Waals surface area contributed by atoms with E-state index in [0.717, 1.165) is 49.9 Å². The minimum Gasteiger partial charge on any atom is -0.317 e. The molecule has 1 aliphatic carbocycles. The number of hydrogen-bond acceptors (Lipinski definition) is 1. The molecule has 2 aliphatic rings. The second-order valence-electron chi connectivity index (χ2n) is 5.42. The van der Waals surface area contributed by atoms with Crippen molar-refractivity contribution in [2.24, 2.45) is 0 Å². The molecule has 1 aromatic rings. The molecule has 1 saturated heterocycles. The van der Waals surface area contributed by atoms with Crippen molar-refractivity contribution in [2.75, 3.05) is 13.1 Å². The lowest BCUT2D eigenvalue weighted by Crippen LogP contribution is -2.27. The van der Waals surface area contributed by atoms with Gasteiger partial charge in [0.2, 0.25) is 0 Å². The molecule has 0 radical (unpaired) electrons. The van der Waals surface area contributed by atoms with Crippen molar-refractivity contribution in [1.82, 2.24) is 5.32 Å². The molecule has 0 amide bonds. The lowest BCUT2D eigenvalue weighted by molar-refractivity contribution is 0.445. The van der Waals surface area contributed by atoms with Gasteiger partial charge >= 0.3 is 0 Å². The van der Waals surface area contributed by atoms with Gasteiger partial charge in [0.15, 0.2) is 0 Å². The van der Waals surface area contributed by atoms with E-state index in [9.17, 15) is 4.39 Å². The van der Waals surface area contributed by atoms with E-state index in [2.05, 4.69) is 29.6 Å². The molecule has 0 atom stereocenters. The number of benzene rings is 1. The first-order valence-corrected chi connectivity index (χ1v) is 7.21. The Morgan fingerprint density at radius 3 is 2.68 bits per heavy atom. The minimum atomic E-state index is -0.0279. The summed E-state index contributed by atoms with van der Waals surface area (Å²) in [7, 11) is 0. The summed E-state index contributed by atoms with van der Waals surface area (Å²) in [6.45, 7) is 2.00. The van der Waals surface area contributed by atoms with Crippen LogP contribution in [0.5, 0.6) is 0 Å². The number of allylic oxidation sites excluding steroid dienone is 4. The minimum absolute atomic E-state index is 0.0279. The largest absolute Gasteiger partial charge is 0.317 e. The molecule has 0 aromatic heterocycles. The van der Waals surface area contributed by atoms with Crippen LogP contribution in [0.3, 0.4) is 0 Å². The van der Waals surface area contributed by atoms with Crippen molar-refractivity contribution in [2.45, 2.75) is 31.6 Å². The third-order valence-electron chi connectivity index (χ3n) is 4.16. The predicted octanol–water partition coefficient (Wildman–Crippen LogP) is 4.03. The number of hydrogen-bond donors (Lipinski definition) is 1. The fourth-order valence-electron chi connectivity index (χ4n) is 3.03. The average molecular weight is 257 g/mol. The van der Waals surface area contributed by atoms with Gasteiger partial charge in [0.25, 0.3) is 0 Å². The maximum Gasteiger partial charge on any atom is 0.127 e. The molecule has 0 spiro atoms. The van der Waals surface area contributed by atoms with Crippen LogP contribution < -0.4 is 5.32 Å². The fraction of sp³-hybridized carbons (Fsp3) is 0.412. The van der Waals surface area contributed by atoms with E-state index in [0.29, 0.717) is 5.92 Å². The van der Waals surface area contributed by atoms with E-state index in [-0.39, 0.29) is 5.82 Å². The first kappa shape index (κ1) is 12.6. The molecule has 1 aliphatic heterocycles. The van der Waals surface area contributed by atoms with Crippen molar-refractivity contribution >= 4 is 5.57 Å². The van der Waals surface area contributed by atoms with Crippen molar-refractivity contribution in [3.8, 4) is 0 Å². The molecule has 1 fully saturated rings. The lowest BCUT2D eigenvalue weighted by Gasteiger charge is -2.23. The van der Waals surface area contributed by atoms with Gasteiger partial charge in [-0.25, -0.2) is 4.39 Å². The molecule has 2 heteroatoms. The Bertz CT molecular complexity index is 510. The van der Waals surface area contributed by atoms with Gasteiger partial charge in [-0.15, -0.1) is 0 Å². The Balaban J connectivity index is 1.84. The van der Waals surface area contributed by atoms with Crippen LogP contribution in [0.15, 0.2) is 36.4 Å². The first-order chi connectivity index (χ1) is 9.34. The summed E-state index contributed by atoms with van der Waals surface area (Å²) in [4.78, 5) is 0. The van der Waals surface area contributed by atoms with Crippen LogP contribution in [-0.4, -0.2) is 13.1 Å². The van der Waals surface area contributed by atoms with Crippen molar-refractivity contribution in [3.63, 3.8) is 0 Å². The molecule has 0 unspecified atom stereocenters. The van der Waals surface area contributed by atoms with Crippen molar-refractivity contribution < 1.29 is 4.39 Å². The van der Waals surface area contributed by atoms with Gasteiger partial charge < -0.3 is 5.32 Å². The smallest absolute Gasteiger partial charge is 0.127 e. The molecule has 1 aromatic carbocycles. The monoisotopic (exact) mass is 257 g/mol. The summed E-state index contributed by atoms with van der Waals surface area (Å²) in [5.74, 6) is 0.357. The molecule has 1 nitrogen and oxygen atoms in total. The molecule has 19 heavy (non-hydrogen) atoms. The van der Waals surface area contributed by atoms with Gasteiger partial charge in [-0.05, 0) is 67.5 Å². The third kappa shape index (κ3) is 2.79. The number of nitrogens with one attached hydrogen (secondary N) is 1. The number of halogens is 1. The van der Waals surface area contributed by atoms with Crippen LogP contribution in [0.1, 0.15) is 42.7 Å². The summed E-state index contributed by atoms with van der Waals surface area (Å²) >= 11 is 0. The van der Waals surface area contributed by atoms with E-state index in [4.69, 9.17) is 0 Å². The van der Waals surface area contributed by atoms with E-state index < -0.39 is 0 Å². The fourth-order valence-corrected chi connectivity index (χ4v) is 3.03. The van der Waals surface area contributed by atoms with Gasteiger partial charge in [0, 0.05) is 0 Å². The van der Waals surface area contributed by atoms with E-state index in [1.165, 1.54) is 5.57 Å². The zero-order chi connectivity index (χ0) is 13.1. The molecule has 0 bridgehead atoms. The molecule has 1 heterocycles. The summed E-state index contributed by atoms with van der Waals surface area (Å²) < 4.78 is 14.3. The highest BCUT2D eigenvalue weighted by molar-refractivity contribution is 5.68. The number of rotatable bonds is 2. The number of piperidine rings is 1. The average Bonchev–Trinajstić information content (AvgIpc) is 2.49. The highest BCUT2D eigenvalue weighted by atomic mass is 19.1. The second-order valence-corrected chi connectivity index (χ2v) is 5.42. The van der Waals surface area contributed by atoms with Gasteiger partial charge in [-0.3, -0.25) is 0 Å². The van der Waals surface area contributed by atoms with E-state index in [1.807, 2.05) is 6.07 Å². The highest BCUT2D eigenvalue weighted by Gasteiger charge is 2.19. The summed E-state index contributed by atoms with van der Waals surface area (Å²) in [6.07, 6.45) is 10.5. The van der Waals surface area contributed by atoms with Gasteiger partial charge in [0.1, 0.15) is 5.82 Å². The molecule has 100 valence electrons. The van der Waals surface area contributed by atoms with Crippen LogP contribution in [0.2, 0.25) is 0 Å². The van der Waals surface area contributed by atoms with Crippen molar-refractivity contribution in [3.05, 3.63) is 53.4 Å². The zero-order valence-electron chi connectivity index (χ0n) is 11.2. The van der Waals surface area contributed by atoms with Crippen molar-refractivity contribution in [1.29, 1.82) is 0 Å². The molecule has 3 rings (SSSR count). The standard InChI is InChI=1S/C17H20FN/c18-17-12-15(13-4-2-1-3-5-13)6-7-16(17)14-8-10-19-11-9-14/h1-2,4,6-7,12,14,19H,3,5,8-11H2. The van der Waals surface area contributed by atoms with Gasteiger partial charge in [-0.2, -0.15) is 0 Å². The second kappa shape index (κ2) is 5.70. The third-order valence-corrected chi connectivity index (χ3v) is 4.16. The van der Waals surface area contributed by atoms with Gasteiger partial charge in [-0.1, -0.05) is 30.4 Å². The zero-order valence-corrected chi connectivity index (χ0v) is 11.2. The van der Waals surface area contributed by atoms with Crippen LogP contribution >= 0.6 is 0 Å². The van der Waals surface area contributed by atoms with Crippen LogP contribution in [0.4, 0.5) is 4.39 Å². The highest BCUT2D eigenvalue weighted by Crippen LogP contribution is 2.31. The van der Waals surface area contributed by atoms with Crippen LogP contribution in [0.25, 0.3) is 5.57 Å². The van der Waals surface area contributed by atoms with E-state index in [1.54, 1.807) is 6.07 Å². The Labute approximate surface area is 114 Å². The Morgan fingerprint density at radius 2 is 2.00 bits per heavy atom. The summed E-state index contributed by atoms with van der Waals surface area (Å²) in [5, 5.41) is 3.33. The SMILES string of the molecule is Fc1cc(C2=CC=CCC2)ccc1C1CCNCC1. The normalized spacial score (nSPS) is 20.4. The summed E-state index contributed by atoms with van der Waals surface area (Å²) in [5.41, 5.74) is 3.19. The maximum absolute atomic E-state index is 14.3.